The Morgan fingerprint density at radius 1 is 0.958 bits per heavy atom. The number of carbonyl (C=O) groups is 4. The summed E-state index contributed by atoms with van der Waals surface area (Å²) in [5, 5.41) is 2.64. The first kappa shape index (κ1) is 18.9. The van der Waals surface area contributed by atoms with Gasteiger partial charge in [-0.1, -0.05) is 18.2 Å². The molecule has 0 bridgehead atoms. The summed E-state index contributed by atoms with van der Waals surface area (Å²) in [7, 11) is 0. The summed E-state index contributed by atoms with van der Waals surface area (Å²) in [6.07, 6.45) is 1.74. The molecule has 0 aromatic heterocycles. The van der Waals surface area contributed by atoms with Crippen LogP contribution in [0.2, 0.25) is 0 Å². The Hall–Kier alpha value is -3.16. The van der Waals surface area contributed by atoms with Gasteiger partial charge in [0.1, 0.15) is 0 Å². The SMILES string of the molecule is CCOC(=O)/C=C/C(=O)NNC(=O)CCC(=O)Nc1ccccc1. The number of amides is 3. The van der Waals surface area contributed by atoms with E-state index < -0.39 is 17.8 Å². The summed E-state index contributed by atoms with van der Waals surface area (Å²) in [6, 6.07) is 8.84. The van der Waals surface area contributed by atoms with Gasteiger partial charge >= 0.3 is 5.97 Å². The molecule has 3 N–H and O–H groups in total. The van der Waals surface area contributed by atoms with Gasteiger partial charge in [0.2, 0.25) is 11.8 Å². The first-order valence-electron chi connectivity index (χ1n) is 7.29. The van der Waals surface area contributed by atoms with E-state index in [2.05, 4.69) is 20.9 Å². The van der Waals surface area contributed by atoms with E-state index >= 15 is 0 Å². The fourth-order valence-corrected chi connectivity index (χ4v) is 1.54. The van der Waals surface area contributed by atoms with Gasteiger partial charge in [-0.05, 0) is 19.1 Å². The third-order valence-corrected chi connectivity index (χ3v) is 2.62. The second-order valence-electron chi connectivity index (χ2n) is 4.54. The molecule has 0 aliphatic carbocycles. The first-order chi connectivity index (χ1) is 11.5. The molecule has 3 amide bonds. The van der Waals surface area contributed by atoms with Crippen LogP contribution < -0.4 is 16.2 Å². The molecular weight excluding hydrogens is 314 g/mol. The number of hydrazine groups is 1. The Morgan fingerprint density at radius 2 is 1.62 bits per heavy atom. The highest BCUT2D eigenvalue weighted by Gasteiger charge is 2.08. The van der Waals surface area contributed by atoms with Crippen LogP contribution in [-0.4, -0.2) is 30.3 Å². The van der Waals surface area contributed by atoms with Gasteiger partial charge in [0.25, 0.3) is 5.91 Å². The number of hydrogen-bond acceptors (Lipinski definition) is 5. The van der Waals surface area contributed by atoms with Crippen molar-refractivity contribution in [3.8, 4) is 0 Å². The van der Waals surface area contributed by atoms with Crippen molar-refractivity contribution in [2.45, 2.75) is 19.8 Å². The fraction of sp³-hybridized carbons (Fsp3) is 0.250. The van der Waals surface area contributed by atoms with Crippen molar-refractivity contribution in [3.63, 3.8) is 0 Å². The molecule has 0 atom stereocenters. The maximum atomic E-state index is 11.7. The highest BCUT2D eigenvalue weighted by molar-refractivity contribution is 5.96. The largest absolute Gasteiger partial charge is 0.463 e. The second-order valence-corrected chi connectivity index (χ2v) is 4.54. The molecule has 8 heteroatoms. The number of ether oxygens (including phenoxy) is 1. The summed E-state index contributed by atoms with van der Waals surface area (Å²) in [5.41, 5.74) is 4.86. The van der Waals surface area contributed by atoms with Crippen molar-refractivity contribution in [1.82, 2.24) is 10.9 Å². The van der Waals surface area contributed by atoms with Crippen LogP contribution in [0.25, 0.3) is 0 Å². The zero-order valence-electron chi connectivity index (χ0n) is 13.2. The lowest BCUT2D eigenvalue weighted by Gasteiger charge is -2.06. The minimum Gasteiger partial charge on any atom is -0.463 e. The van der Waals surface area contributed by atoms with E-state index in [0.717, 1.165) is 12.2 Å². The molecule has 0 aliphatic heterocycles. The minimum atomic E-state index is -0.690. The third kappa shape index (κ3) is 8.32. The molecular formula is C16H19N3O5. The van der Waals surface area contributed by atoms with Crippen molar-refractivity contribution in [2.75, 3.05) is 11.9 Å². The number of hydrogen-bond donors (Lipinski definition) is 3. The van der Waals surface area contributed by atoms with Crippen LogP contribution in [0.5, 0.6) is 0 Å². The van der Waals surface area contributed by atoms with E-state index in [1.54, 1.807) is 31.2 Å². The van der Waals surface area contributed by atoms with Gasteiger partial charge in [-0.2, -0.15) is 0 Å². The van der Waals surface area contributed by atoms with Gasteiger partial charge < -0.3 is 10.1 Å². The van der Waals surface area contributed by atoms with E-state index in [4.69, 9.17) is 0 Å². The molecule has 0 aliphatic rings. The maximum absolute atomic E-state index is 11.7. The molecule has 1 aromatic rings. The molecule has 0 saturated carbocycles. The Bertz CT molecular complexity index is 613. The summed E-state index contributed by atoms with van der Waals surface area (Å²) < 4.78 is 4.59. The molecule has 0 saturated heterocycles. The van der Waals surface area contributed by atoms with Gasteiger partial charge in [0, 0.05) is 30.7 Å². The number of esters is 1. The standard InChI is InChI=1S/C16H19N3O5/c1-2-24-16(23)11-10-15(22)19-18-14(21)9-8-13(20)17-12-6-4-3-5-7-12/h3-7,10-11H,2,8-9H2,1H3,(H,17,20)(H,18,21)(H,19,22)/b11-10+. The Labute approximate surface area is 139 Å². The Kier molecular flexibility index (Phi) is 8.30. The van der Waals surface area contributed by atoms with E-state index in [1.807, 2.05) is 6.07 Å². The normalized spacial score (nSPS) is 10.0. The predicted molar refractivity (Wildman–Crippen MR) is 86.4 cm³/mol. The molecule has 8 nitrogen and oxygen atoms in total. The minimum absolute atomic E-state index is 0.0325. The molecule has 24 heavy (non-hydrogen) atoms. The highest BCUT2D eigenvalue weighted by Crippen LogP contribution is 2.05. The van der Waals surface area contributed by atoms with E-state index in [1.165, 1.54) is 0 Å². The lowest BCUT2D eigenvalue weighted by Crippen LogP contribution is -2.41. The predicted octanol–water partition coefficient (Wildman–Crippen LogP) is 0.672. The zero-order valence-corrected chi connectivity index (χ0v) is 13.2. The number of carbonyl (C=O) groups excluding carboxylic acids is 4. The number of rotatable bonds is 7. The van der Waals surface area contributed by atoms with E-state index in [-0.39, 0.29) is 25.4 Å². The molecule has 1 rings (SSSR count). The van der Waals surface area contributed by atoms with Crippen LogP contribution in [0.1, 0.15) is 19.8 Å². The Balaban J connectivity index is 2.23. The van der Waals surface area contributed by atoms with E-state index in [9.17, 15) is 19.2 Å². The van der Waals surface area contributed by atoms with Crippen LogP contribution in [0.3, 0.4) is 0 Å². The number of benzene rings is 1. The summed E-state index contributed by atoms with van der Waals surface area (Å²) in [5.74, 6) is -2.19. The second kappa shape index (κ2) is 10.5. The van der Waals surface area contributed by atoms with Crippen LogP contribution in [0.15, 0.2) is 42.5 Å². The fourth-order valence-electron chi connectivity index (χ4n) is 1.54. The zero-order chi connectivity index (χ0) is 17.8. The molecule has 0 spiro atoms. The summed E-state index contributed by atoms with van der Waals surface area (Å²) >= 11 is 0. The van der Waals surface area contributed by atoms with Gasteiger partial charge in [-0.25, -0.2) is 4.79 Å². The van der Waals surface area contributed by atoms with Crippen molar-refractivity contribution < 1.29 is 23.9 Å². The van der Waals surface area contributed by atoms with Crippen molar-refractivity contribution >= 4 is 29.4 Å². The maximum Gasteiger partial charge on any atom is 0.330 e. The molecule has 0 fully saturated rings. The number of anilines is 1. The topological polar surface area (TPSA) is 114 Å². The van der Waals surface area contributed by atoms with Gasteiger partial charge in [0.15, 0.2) is 0 Å². The number of nitrogens with one attached hydrogen (secondary N) is 3. The average molecular weight is 333 g/mol. The molecule has 0 unspecified atom stereocenters. The van der Waals surface area contributed by atoms with Gasteiger partial charge in [-0.3, -0.25) is 25.2 Å². The van der Waals surface area contributed by atoms with E-state index in [0.29, 0.717) is 5.69 Å². The molecule has 0 heterocycles. The summed E-state index contributed by atoms with van der Waals surface area (Å²) in [6.45, 7) is 1.84. The summed E-state index contributed by atoms with van der Waals surface area (Å²) in [4.78, 5) is 45.5. The molecule has 128 valence electrons. The third-order valence-electron chi connectivity index (χ3n) is 2.62. The van der Waals surface area contributed by atoms with Crippen molar-refractivity contribution in [1.29, 1.82) is 0 Å². The van der Waals surface area contributed by atoms with Crippen molar-refractivity contribution in [2.24, 2.45) is 0 Å². The van der Waals surface area contributed by atoms with Crippen LogP contribution >= 0.6 is 0 Å². The highest BCUT2D eigenvalue weighted by atomic mass is 16.5. The quantitative estimate of drug-likeness (QED) is 0.386. The first-order valence-corrected chi connectivity index (χ1v) is 7.29. The van der Waals surface area contributed by atoms with Crippen molar-refractivity contribution in [3.05, 3.63) is 42.5 Å². The van der Waals surface area contributed by atoms with Gasteiger partial charge in [0.05, 0.1) is 6.61 Å². The lowest BCUT2D eigenvalue weighted by molar-refractivity contribution is -0.137. The smallest absolute Gasteiger partial charge is 0.330 e. The lowest BCUT2D eigenvalue weighted by atomic mass is 10.2. The number of para-hydroxylation sites is 1. The van der Waals surface area contributed by atoms with Crippen LogP contribution in [0, 0.1) is 0 Å². The van der Waals surface area contributed by atoms with Crippen LogP contribution in [0.4, 0.5) is 5.69 Å². The van der Waals surface area contributed by atoms with Crippen LogP contribution in [-0.2, 0) is 23.9 Å². The monoisotopic (exact) mass is 333 g/mol. The molecule has 0 radical (unpaired) electrons. The molecule has 1 aromatic carbocycles. The Morgan fingerprint density at radius 3 is 2.29 bits per heavy atom. The van der Waals surface area contributed by atoms with Gasteiger partial charge in [-0.15, -0.1) is 0 Å². The average Bonchev–Trinajstić information content (AvgIpc) is 2.57.